The summed E-state index contributed by atoms with van der Waals surface area (Å²) in [6.45, 7) is 9.50. The monoisotopic (exact) mass is 150 g/mol. The fourth-order valence-electron chi connectivity index (χ4n) is 0.825. The zero-order valence-corrected chi connectivity index (χ0v) is 6.87. The SMILES string of the molecule is C=Cc1cc(C)c(C=C)s1. The molecule has 0 aromatic carbocycles. The Labute approximate surface area is 65.5 Å². The van der Waals surface area contributed by atoms with Gasteiger partial charge in [0.1, 0.15) is 0 Å². The van der Waals surface area contributed by atoms with Gasteiger partial charge in [-0.25, -0.2) is 0 Å². The van der Waals surface area contributed by atoms with Crippen molar-refractivity contribution in [2.45, 2.75) is 6.92 Å². The molecule has 0 atom stereocenters. The van der Waals surface area contributed by atoms with Crippen LogP contribution in [0.15, 0.2) is 19.2 Å². The van der Waals surface area contributed by atoms with Crippen LogP contribution in [0.4, 0.5) is 0 Å². The fourth-order valence-corrected chi connectivity index (χ4v) is 1.70. The lowest BCUT2D eigenvalue weighted by molar-refractivity contribution is 1.53. The van der Waals surface area contributed by atoms with E-state index in [0.717, 1.165) is 0 Å². The highest BCUT2D eigenvalue weighted by molar-refractivity contribution is 7.13. The molecular formula is C9H10S. The molecule has 1 heterocycles. The highest BCUT2D eigenvalue weighted by atomic mass is 32.1. The van der Waals surface area contributed by atoms with Gasteiger partial charge >= 0.3 is 0 Å². The van der Waals surface area contributed by atoms with Gasteiger partial charge in [0.2, 0.25) is 0 Å². The van der Waals surface area contributed by atoms with Crippen LogP contribution in [-0.4, -0.2) is 0 Å². The molecule has 0 fully saturated rings. The highest BCUT2D eigenvalue weighted by Crippen LogP contribution is 2.23. The van der Waals surface area contributed by atoms with Gasteiger partial charge in [0.15, 0.2) is 0 Å². The van der Waals surface area contributed by atoms with Crippen LogP contribution in [0, 0.1) is 6.92 Å². The predicted octanol–water partition coefficient (Wildman–Crippen LogP) is 3.34. The molecule has 0 saturated carbocycles. The third-order valence-electron chi connectivity index (χ3n) is 1.36. The van der Waals surface area contributed by atoms with E-state index < -0.39 is 0 Å². The summed E-state index contributed by atoms with van der Waals surface area (Å²) in [5.41, 5.74) is 1.29. The normalized spacial score (nSPS) is 9.30. The lowest BCUT2D eigenvalue weighted by Crippen LogP contribution is -1.63. The molecule has 1 aromatic heterocycles. The predicted molar refractivity (Wildman–Crippen MR) is 49.2 cm³/mol. The maximum atomic E-state index is 3.72. The molecule has 52 valence electrons. The summed E-state index contributed by atoms with van der Waals surface area (Å²) in [5.74, 6) is 0. The molecule has 0 nitrogen and oxygen atoms in total. The molecule has 0 aliphatic carbocycles. The second-order valence-corrected chi connectivity index (χ2v) is 3.22. The molecule has 0 radical (unpaired) electrons. The van der Waals surface area contributed by atoms with Gasteiger partial charge in [0.25, 0.3) is 0 Å². The standard InChI is InChI=1S/C9H10S/c1-4-8-6-7(3)9(5-2)10-8/h4-6H,1-2H2,3H3. The minimum Gasteiger partial charge on any atom is -0.136 e. The van der Waals surface area contributed by atoms with Gasteiger partial charge in [0, 0.05) is 9.75 Å². The Hall–Kier alpha value is -0.820. The molecule has 0 amide bonds. The van der Waals surface area contributed by atoms with Crippen molar-refractivity contribution in [3.63, 3.8) is 0 Å². The summed E-state index contributed by atoms with van der Waals surface area (Å²) in [4.78, 5) is 2.46. The molecule has 0 spiro atoms. The molecule has 0 aliphatic rings. The van der Waals surface area contributed by atoms with Crippen LogP contribution >= 0.6 is 11.3 Å². The molecule has 1 aromatic rings. The Bertz CT molecular complexity index is 256. The topological polar surface area (TPSA) is 0 Å². The van der Waals surface area contributed by atoms with E-state index in [1.54, 1.807) is 11.3 Å². The lowest BCUT2D eigenvalue weighted by atomic mass is 10.2. The van der Waals surface area contributed by atoms with Gasteiger partial charge in [-0.15, -0.1) is 11.3 Å². The number of hydrogen-bond acceptors (Lipinski definition) is 1. The maximum absolute atomic E-state index is 3.72. The Balaban J connectivity index is 3.15. The summed E-state index contributed by atoms with van der Waals surface area (Å²) >= 11 is 1.72. The first-order chi connectivity index (χ1) is 4.77. The van der Waals surface area contributed by atoms with Crippen LogP contribution < -0.4 is 0 Å². The zero-order valence-electron chi connectivity index (χ0n) is 6.05. The third kappa shape index (κ3) is 1.19. The largest absolute Gasteiger partial charge is 0.136 e. The average Bonchev–Trinajstić information content (AvgIpc) is 2.30. The van der Waals surface area contributed by atoms with Crippen molar-refractivity contribution < 1.29 is 0 Å². The van der Waals surface area contributed by atoms with Gasteiger partial charge in [-0.2, -0.15) is 0 Å². The van der Waals surface area contributed by atoms with Gasteiger partial charge < -0.3 is 0 Å². The summed E-state index contributed by atoms with van der Waals surface area (Å²) in [5, 5.41) is 0. The first-order valence-corrected chi connectivity index (χ1v) is 3.95. The van der Waals surface area contributed by atoms with E-state index in [4.69, 9.17) is 0 Å². The van der Waals surface area contributed by atoms with Crippen molar-refractivity contribution in [3.05, 3.63) is 34.5 Å². The second kappa shape index (κ2) is 2.84. The zero-order chi connectivity index (χ0) is 7.56. The maximum Gasteiger partial charge on any atom is 0.0300 e. The number of rotatable bonds is 2. The van der Waals surface area contributed by atoms with E-state index in [2.05, 4.69) is 26.1 Å². The summed E-state index contributed by atoms with van der Waals surface area (Å²) in [6, 6.07) is 2.12. The average molecular weight is 150 g/mol. The molecule has 1 heteroatoms. The van der Waals surface area contributed by atoms with Crippen LogP contribution in [0.5, 0.6) is 0 Å². The summed E-state index contributed by atoms with van der Waals surface area (Å²) in [6.07, 6.45) is 3.75. The van der Waals surface area contributed by atoms with Gasteiger partial charge in [-0.3, -0.25) is 0 Å². The van der Waals surface area contributed by atoms with E-state index in [0.29, 0.717) is 0 Å². The van der Waals surface area contributed by atoms with Crippen molar-refractivity contribution in [2.75, 3.05) is 0 Å². The highest BCUT2D eigenvalue weighted by Gasteiger charge is 1.97. The summed E-state index contributed by atoms with van der Waals surface area (Å²) < 4.78 is 0. The quantitative estimate of drug-likeness (QED) is 0.606. The fraction of sp³-hybridized carbons (Fsp3) is 0.111. The molecule has 0 bridgehead atoms. The van der Waals surface area contributed by atoms with Crippen molar-refractivity contribution >= 4 is 23.5 Å². The van der Waals surface area contributed by atoms with E-state index >= 15 is 0 Å². The van der Waals surface area contributed by atoms with Crippen molar-refractivity contribution in [1.29, 1.82) is 0 Å². The lowest BCUT2D eigenvalue weighted by Gasteiger charge is -1.82. The molecule has 10 heavy (non-hydrogen) atoms. The van der Waals surface area contributed by atoms with Crippen LogP contribution in [0.2, 0.25) is 0 Å². The van der Waals surface area contributed by atoms with Crippen LogP contribution in [0.25, 0.3) is 12.2 Å². The first kappa shape index (κ1) is 7.29. The van der Waals surface area contributed by atoms with Gasteiger partial charge in [0.05, 0.1) is 0 Å². The smallest absolute Gasteiger partial charge is 0.0300 e. The van der Waals surface area contributed by atoms with Crippen molar-refractivity contribution in [3.8, 4) is 0 Å². The molecule has 0 unspecified atom stereocenters. The Kier molecular flexibility index (Phi) is 2.07. The van der Waals surface area contributed by atoms with Crippen molar-refractivity contribution in [1.82, 2.24) is 0 Å². The molecule has 0 saturated heterocycles. The number of hydrogen-bond donors (Lipinski definition) is 0. The number of aryl methyl sites for hydroxylation is 1. The van der Waals surface area contributed by atoms with Gasteiger partial charge in [-0.05, 0) is 18.6 Å². The van der Waals surface area contributed by atoms with Gasteiger partial charge in [-0.1, -0.05) is 25.3 Å². The minimum absolute atomic E-state index is 1.22. The van der Waals surface area contributed by atoms with E-state index in [1.807, 2.05) is 12.2 Å². The Morgan fingerprint density at radius 3 is 2.40 bits per heavy atom. The van der Waals surface area contributed by atoms with Crippen LogP contribution in [-0.2, 0) is 0 Å². The molecule has 0 N–H and O–H groups in total. The van der Waals surface area contributed by atoms with E-state index in [-0.39, 0.29) is 0 Å². The van der Waals surface area contributed by atoms with Crippen molar-refractivity contribution in [2.24, 2.45) is 0 Å². The van der Waals surface area contributed by atoms with E-state index in [1.165, 1.54) is 15.3 Å². The third-order valence-corrected chi connectivity index (χ3v) is 2.59. The van der Waals surface area contributed by atoms with Crippen LogP contribution in [0.1, 0.15) is 15.3 Å². The van der Waals surface area contributed by atoms with Crippen LogP contribution in [0.3, 0.4) is 0 Å². The molecule has 1 rings (SSSR count). The molecular weight excluding hydrogens is 140 g/mol. The Morgan fingerprint density at radius 2 is 2.10 bits per heavy atom. The summed E-state index contributed by atoms with van der Waals surface area (Å²) in [7, 11) is 0. The first-order valence-electron chi connectivity index (χ1n) is 3.13. The van der Waals surface area contributed by atoms with E-state index in [9.17, 15) is 0 Å². The second-order valence-electron chi connectivity index (χ2n) is 2.10. The Morgan fingerprint density at radius 1 is 1.40 bits per heavy atom. The number of thiophene rings is 1. The molecule has 0 aliphatic heterocycles. The minimum atomic E-state index is 1.22.